The van der Waals surface area contributed by atoms with Gasteiger partial charge in [0, 0.05) is 23.9 Å². The van der Waals surface area contributed by atoms with E-state index in [2.05, 4.69) is 9.97 Å². The van der Waals surface area contributed by atoms with Gasteiger partial charge in [-0.05, 0) is 6.07 Å². The normalized spacial score (nSPS) is 11.3. The Morgan fingerprint density at radius 1 is 1.35 bits per heavy atom. The number of anilines is 1. The third kappa shape index (κ3) is 3.14. The minimum atomic E-state index is -4.28. The molecule has 8 nitrogen and oxygen atoms in total. The number of rotatable bonds is 5. The number of halogens is 2. The van der Waals surface area contributed by atoms with Crippen LogP contribution >= 0.6 is 0 Å². The highest BCUT2D eigenvalue weighted by molar-refractivity contribution is 7.92. The number of methoxy groups -OCH3 is 1. The number of nitrogens with one attached hydrogen (secondary N) is 1. The van der Waals surface area contributed by atoms with Crippen molar-refractivity contribution in [1.29, 1.82) is 5.26 Å². The van der Waals surface area contributed by atoms with Crippen molar-refractivity contribution in [3.63, 3.8) is 0 Å². The molecule has 0 aliphatic heterocycles. The molecule has 2 heterocycles. The summed E-state index contributed by atoms with van der Waals surface area (Å²) in [5.74, 6) is -1.61. The van der Waals surface area contributed by atoms with Crippen LogP contribution in [0.1, 0.15) is 5.56 Å². The van der Waals surface area contributed by atoms with E-state index in [-0.39, 0.29) is 28.7 Å². The molecule has 1 aromatic carbocycles. The van der Waals surface area contributed by atoms with Crippen LogP contribution in [0.5, 0.6) is 5.88 Å². The molecule has 0 aliphatic carbocycles. The van der Waals surface area contributed by atoms with Gasteiger partial charge in [-0.15, -0.1) is 0 Å². The second-order valence-corrected chi connectivity index (χ2v) is 6.73. The Morgan fingerprint density at radius 2 is 2.12 bits per heavy atom. The van der Waals surface area contributed by atoms with E-state index in [0.717, 1.165) is 16.7 Å². The van der Waals surface area contributed by atoms with E-state index in [0.29, 0.717) is 6.07 Å². The monoisotopic (exact) mass is 379 g/mol. The molecule has 134 valence electrons. The Balaban J connectivity index is 2.00. The highest BCUT2D eigenvalue weighted by atomic mass is 32.2. The average Bonchev–Trinajstić information content (AvgIpc) is 3.03. The fourth-order valence-electron chi connectivity index (χ4n) is 2.23. The number of sulfonamides is 1. The predicted molar refractivity (Wildman–Crippen MR) is 86.0 cm³/mol. The van der Waals surface area contributed by atoms with Crippen LogP contribution in [0.3, 0.4) is 0 Å². The molecule has 0 atom stereocenters. The summed E-state index contributed by atoms with van der Waals surface area (Å²) < 4.78 is 61.1. The van der Waals surface area contributed by atoms with Crippen LogP contribution < -0.4 is 9.46 Å². The number of hydrogen-bond donors (Lipinski definition) is 1. The lowest BCUT2D eigenvalue weighted by molar-refractivity contribution is 0.398. The Bertz CT molecular complexity index is 1140. The first-order valence-corrected chi connectivity index (χ1v) is 8.60. The van der Waals surface area contributed by atoms with Gasteiger partial charge in [0.05, 0.1) is 31.5 Å². The van der Waals surface area contributed by atoms with E-state index >= 15 is 0 Å². The van der Waals surface area contributed by atoms with Crippen molar-refractivity contribution >= 4 is 21.5 Å². The van der Waals surface area contributed by atoms with Crippen molar-refractivity contribution in [2.24, 2.45) is 0 Å². The first kappa shape index (κ1) is 17.6. The smallest absolute Gasteiger partial charge is 0.279 e. The summed E-state index contributed by atoms with van der Waals surface area (Å²) in [7, 11) is -2.89. The molecule has 0 saturated heterocycles. The molecular formula is C15H11F2N5O3S. The summed E-state index contributed by atoms with van der Waals surface area (Å²) in [6.07, 6.45) is 2.06. The van der Waals surface area contributed by atoms with Crippen LogP contribution in [-0.2, 0) is 16.4 Å². The van der Waals surface area contributed by atoms with Gasteiger partial charge in [0.25, 0.3) is 10.0 Å². The van der Waals surface area contributed by atoms with Crippen LogP contribution in [0.15, 0.2) is 35.6 Å². The molecule has 0 saturated carbocycles. The van der Waals surface area contributed by atoms with Crippen molar-refractivity contribution in [3.8, 4) is 11.9 Å². The van der Waals surface area contributed by atoms with Gasteiger partial charge >= 0.3 is 0 Å². The lowest BCUT2D eigenvalue weighted by atomic mass is 10.1. The van der Waals surface area contributed by atoms with Gasteiger partial charge in [-0.3, -0.25) is 9.12 Å². The van der Waals surface area contributed by atoms with Gasteiger partial charge in [-0.25, -0.2) is 13.8 Å². The van der Waals surface area contributed by atoms with Crippen LogP contribution in [0.4, 0.5) is 14.5 Å². The summed E-state index contributed by atoms with van der Waals surface area (Å²) in [5, 5.41) is 8.26. The molecule has 0 unspecified atom stereocenters. The maximum Gasteiger partial charge on any atom is 0.279 e. The van der Waals surface area contributed by atoms with E-state index in [1.54, 1.807) is 6.07 Å². The SMILES string of the molecule is COc1ccn2c(S(=O)(=O)Nc3cc(F)c(CC#N)cc3F)cnc2n1. The van der Waals surface area contributed by atoms with Gasteiger partial charge in [-0.1, -0.05) is 0 Å². The second-order valence-electron chi connectivity index (χ2n) is 5.10. The lowest BCUT2D eigenvalue weighted by Crippen LogP contribution is -2.16. The van der Waals surface area contributed by atoms with Crippen molar-refractivity contribution in [1.82, 2.24) is 14.4 Å². The summed E-state index contributed by atoms with van der Waals surface area (Å²) in [6, 6.07) is 4.58. The average molecular weight is 379 g/mol. The fourth-order valence-corrected chi connectivity index (χ4v) is 3.37. The standard InChI is InChI=1S/C15H11F2N5O3S/c1-25-13-3-5-22-14(8-19-15(22)20-13)26(23,24)21-12-7-10(16)9(2-4-18)6-11(12)17/h3,5-8,21H,2H2,1H3. The van der Waals surface area contributed by atoms with Crippen LogP contribution in [0.2, 0.25) is 0 Å². The second kappa shape index (κ2) is 6.57. The Hall–Kier alpha value is -3.26. The van der Waals surface area contributed by atoms with E-state index < -0.39 is 27.3 Å². The van der Waals surface area contributed by atoms with Gasteiger partial charge in [-0.2, -0.15) is 18.7 Å². The molecule has 0 amide bonds. The van der Waals surface area contributed by atoms with Crippen molar-refractivity contribution < 1.29 is 21.9 Å². The van der Waals surface area contributed by atoms with Crippen molar-refractivity contribution in [2.45, 2.75) is 11.4 Å². The highest BCUT2D eigenvalue weighted by Crippen LogP contribution is 2.23. The molecule has 0 aliphatic rings. The van der Waals surface area contributed by atoms with Crippen LogP contribution in [0, 0.1) is 23.0 Å². The Labute approximate surface area is 146 Å². The van der Waals surface area contributed by atoms with Crippen molar-refractivity contribution in [3.05, 3.63) is 47.8 Å². The minimum Gasteiger partial charge on any atom is -0.481 e. The van der Waals surface area contributed by atoms with Crippen molar-refractivity contribution in [2.75, 3.05) is 11.8 Å². The predicted octanol–water partition coefficient (Wildman–Crippen LogP) is 1.88. The van der Waals surface area contributed by atoms with E-state index in [1.165, 1.54) is 19.4 Å². The maximum atomic E-state index is 14.1. The van der Waals surface area contributed by atoms with E-state index in [1.807, 2.05) is 4.72 Å². The first-order valence-electron chi connectivity index (χ1n) is 7.11. The van der Waals surface area contributed by atoms with Gasteiger partial charge < -0.3 is 4.74 Å². The number of nitriles is 1. The van der Waals surface area contributed by atoms with Crippen LogP contribution in [0.25, 0.3) is 5.78 Å². The lowest BCUT2D eigenvalue weighted by Gasteiger charge is -2.10. The molecule has 0 bridgehead atoms. The number of benzene rings is 1. The quantitative estimate of drug-likeness (QED) is 0.725. The summed E-state index contributed by atoms with van der Waals surface area (Å²) in [4.78, 5) is 7.83. The molecule has 3 rings (SSSR count). The topological polar surface area (TPSA) is 109 Å². The maximum absolute atomic E-state index is 14.1. The summed E-state index contributed by atoms with van der Waals surface area (Å²) in [5.41, 5.74) is -0.750. The molecule has 0 fully saturated rings. The number of ether oxygens (including phenoxy) is 1. The van der Waals surface area contributed by atoms with Crippen LogP contribution in [-0.4, -0.2) is 29.9 Å². The largest absolute Gasteiger partial charge is 0.481 e. The summed E-state index contributed by atoms with van der Waals surface area (Å²) >= 11 is 0. The van der Waals surface area contributed by atoms with E-state index in [9.17, 15) is 17.2 Å². The number of imidazole rings is 1. The molecule has 0 radical (unpaired) electrons. The molecule has 11 heteroatoms. The molecule has 1 N–H and O–H groups in total. The molecule has 3 aromatic rings. The number of fused-ring (bicyclic) bond motifs is 1. The molecule has 26 heavy (non-hydrogen) atoms. The number of hydrogen-bond acceptors (Lipinski definition) is 6. The third-order valence-electron chi connectivity index (χ3n) is 3.45. The molecule has 2 aromatic heterocycles. The van der Waals surface area contributed by atoms with Gasteiger partial charge in [0.2, 0.25) is 11.7 Å². The Morgan fingerprint density at radius 3 is 2.81 bits per heavy atom. The van der Waals surface area contributed by atoms with Gasteiger partial charge in [0.1, 0.15) is 11.6 Å². The van der Waals surface area contributed by atoms with Gasteiger partial charge in [0.15, 0.2) is 5.03 Å². The number of aromatic nitrogens is 3. The summed E-state index contributed by atoms with van der Waals surface area (Å²) in [6.45, 7) is 0. The molecular weight excluding hydrogens is 368 g/mol. The third-order valence-corrected chi connectivity index (χ3v) is 4.80. The first-order chi connectivity index (χ1) is 12.4. The zero-order chi connectivity index (χ0) is 18.9. The fraction of sp³-hybridized carbons (Fsp3) is 0.133. The highest BCUT2D eigenvalue weighted by Gasteiger charge is 2.22. The zero-order valence-corrected chi connectivity index (χ0v) is 14.1. The van der Waals surface area contributed by atoms with E-state index in [4.69, 9.17) is 10.00 Å². The zero-order valence-electron chi connectivity index (χ0n) is 13.3. The molecule has 0 spiro atoms. The minimum absolute atomic E-state index is 0.0562. The Kier molecular flexibility index (Phi) is 4.43. The number of nitrogens with zero attached hydrogens (tertiary/aromatic N) is 4.